The Labute approximate surface area is 206 Å². The van der Waals surface area contributed by atoms with Gasteiger partial charge in [0, 0.05) is 18.7 Å². The van der Waals surface area contributed by atoms with Gasteiger partial charge in [-0.25, -0.2) is 0 Å². The molecule has 0 unspecified atom stereocenters. The Bertz CT molecular complexity index is 1050. The summed E-state index contributed by atoms with van der Waals surface area (Å²) in [6, 6.07) is 26.3. The molecule has 184 valence electrons. The van der Waals surface area contributed by atoms with Gasteiger partial charge in [-0.05, 0) is 43.0 Å². The number of likely N-dealkylation sites (tertiary alicyclic amines) is 1. The average molecular weight is 476 g/mol. The third-order valence-electron chi connectivity index (χ3n) is 7.12. The van der Waals surface area contributed by atoms with Gasteiger partial charge >= 0.3 is 5.97 Å². The molecule has 3 aromatic rings. The van der Waals surface area contributed by atoms with Gasteiger partial charge < -0.3 is 25.0 Å². The second-order valence-electron chi connectivity index (χ2n) is 9.13. The first-order valence-electron chi connectivity index (χ1n) is 12.1. The summed E-state index contributed by atoms with van der Waals surface area (Å²) in [5.74, 6) is -0.270. The fraction of sp³-hybridized carbons (Fsp3) is 0.345. The van der Waals surface area contributed by atoms with Crippen LogP contribution in [0.3, 0.4) is 0 Å². The number of carbonyl (C=O) groups is 1. The lowest BCUT2D eigenvalue weighted by atomic mass is 9.71. The van der Waals surface area contributed by atoms with Crippen LogP contribution in [-0.4, -0.2) is 59.0 Å². The smallest absolute Gasteiger partial charge is 0.318 e. The maximum Gasteiger partial charge on any atom is 0.318 e. The van der Waals surface area contributed by atoms with E-state index in [0.29, 0.717) is 44.6 Å². The van der Waals surface area contributed by atoms with E-state index in [-0.39, 0.29) is 13.2 Å². The van der Waals surface area contributed by atoms with Crippen molar-refractivity contribution in [2.45, 2.75) is 30.3 Å². The molecule has 0 aromatic heterocycles. The molecule has 3 N–H and O–H groups in total. The zero-order chi connectivity index (χ0) is 24.7. The molecular weight excluding hydrogens is 442 g/mol. The van der Waals surface area contributed by atoms with Crippen LogP contribution in [0.2, 0.25) is 0 Å². The number of aliphatic carboxylic acids is 1. The fourth-order valence-electron chi connectivity index (χ4n) is 5.13. The highest BCUT2D eigenvalue weighted by Crippen LogP contribution is 2.40. The van der Waals surface area contributed by atoms with E-state index < -0.39 is 17.0 Å². The third-order valence-corrected chi connectivity index (χ3v) is 7.12. The molecule has 0 amide bonds. The van der Waals surface area contributed by atoms with Gasteiger partial charge in [-0.15, -0.1) is 0 Å². The lowest BCUT2D eigenvalue weighted by Gasteiger charge is -2.40. The molecule has 0 saturated carbocycles. The van der Waals surface area contributed by atoms with Gasteiger partial charge in [0.15, 0.2) is 0 Å². The van der Waals surface area contributed by atoms with Gasteiger partial charge in [-0.1, -0.05) is 78.9 Å². The molecule has 1 saturated heterocycles. The van der Waals surface area contributed by atoms with Crippen molar-refractivity contribution in [3.63, 3.8) is 0 Å². The van der Waals surface area contributed by atoms with Gasteiger partial charge in [-0.2, -0.15) is 0 Å². The predicted molar refractivity (Wildman–Crippen MR) is 135 cm³/mol. The van der Waals surface area contributed by atoms with E-state index in [1.54, 1.807) is 0 Å². The van der Waals surface area contributed by atoms with Crippen LogP contribution < -0.4 is 4.74 Å². The summed E-state index contributed by atoms with van der Waals surface area (Å²) >= 11 is 0. The number of carboxylic acids is 1. The molecule has 35 heavy (non-hydrogen) atoms. The Balaban J connectivity index is 1.51. The summed E-state index contributed by atoms with van der Waals surface area (Å²) in [6.07, 6.45) is 1.46. The quantitative estimate of drug-likeness (QED) is 0.413. The zero-order valence-corrected chi connectivity index (χ0v) is 19.8. The Hall–Kier alpha value is -3.19. The Morgan fingerprint density at radius 3 is 1.97 bits per heavy atom. The molecule has 3 aromatic carbocycles. The van der Waals surface area contributed by atoms with Crippen molar-refractivity contribution in [1.29, 1.82) is 0 Å². The van der Waals surface area contributed by atoms with E-state index >= 15 is 0 Å². The highest BCUT2D eigenvalue weighted by molar-refractivity contribution is 5.86. The second-order valence-corrected chi connectivity index (χ2v) is 9.13. The monoisotopic (exact) mass is 475 g/mol. The van der Waals surface area contributed by atoms with E-state index in [1.807, 2.05) is 84.9 Å². The van der Waals surface area contributed by atoms with Gasteiger partial charge in [0.1, 0.15) is 17.8 Å². The molecule has 6 heteroatoms. The van der Waals surface area contributed by atoms with E-state index in [0.717, 1.165) is 16.7 Å². The van der Waals surface area contributed by atoms with Crippen LogP contribution in [0.4, 0.5) is 0 Å². The van der Waals surface area contributed by atoms with Gasteiger partial charge in [0.25, 0.3) is 0 Å². The van der Waals surface area contributed by atoms with Crippen LogP contribution in [0, 0.1) is 0 Å². The van der Waals surface area contributed by atoms with Crippen LogP contribution in [0.5, 0.6) is 5.75 Å². The minimum atomic E-state index is -1.15. The number of piperidine rings is 1. The summed E-state index contributed by atoms with van der Waals surface area (Å²) in [7, 11) is 0. The number of ether oxygens (including phenoxy) is 1. The highest BCUT2D eigenvalue weighted by Gasteiger charge is 2.43. The largest absolute Gasteiger partial charge is 0.491 e. The molecule has 0 bridgehead atoms. The first kappa shape index (κ1) is 24.9. The van der Waals surface area contributed by atoms with Crippen molar-refractivity contribution in [2.75, 3.05) is 32.8 Å². The topological polar surface area (TPSA) is 90.2 Å². The van der Waals surface area contributed by atoms with Gasteiger partial charge in [0.2, 0.25) is 0 Å². The SMILES string of the molecule is O=C(O)C(CCN1CCC(O)(c2ccccc2OCCO)CC1)(c1ccccc1)c1ccccc1. The van der Waals surface area contributed by atoms with Crippen LogP contribution >= 0.6 is 0 Å². The van der Waals surface area contributed by atoms with Crippen LogP contribution in [0.15, 0.2) is 84.9 Å². The van der Waals surface area contributed by atoms with E-state index in [9.17, 15) is 15.0 Å². The number of nitrogens with zero attached hydrogens (tertiary/aromatic N) is 1. The standard InChI is InChI=1S/C29H33NO5/c31-21-22-35-26-14-8-7-13-25(26)28(34)15-18-30(19-16-28)20-17-29(27(32)33,23-9-3-1-4-10-23)24-11-5-2-6-12-24/h1-14,31,34H,15-22H2,(H,32,33). The van der Waals surface area contributed by atoms with Crippen molar-refractivity contribution in [3.05, 3.63) is 102 Å². The van der Waals surface area contributed by atoms with Gasteiger partial charge in [0.05, 0.1) is 12.2 Å². The lowest BCUT2D eigenvalue weighted by molar-refractivity contribution is -0.142. The number of carboxylic acid groups (broad SMARTS) is 1. The molecular formula is C29H33NO5. The predicted octanol–water partition coefficient (Wildman–Crippen LogP) is 3.80. The Kier molecular flexibility index (Phi) is 7.86. The molecule has 1 aliphatic heterocycles. The Morgan fingerprint density at radius 1 is 0.886 bits per heavy atom. The molecule has 1 heterocycles. The minimum absolute atomic E-state index is 0.0886. The second kappa shape index (κ2) is 11.0. The summed E-state index contributed by atoms with van der Waals surface area (Å²) in [5.41, 5.74) is 0.0950. The lowest BCUT2D eigenvalue weighted by Crippen LogP contribution is -2.46. The highest BCUT2D eigenvalue weighted by atomic mass is 16.5. The summed E-state index contributed by atoms with van der Waals surface area (Å²) in [4.78, 5) is 15.0. The first-order chi connectivity index (χ1) is 17.0. The number of aliphatic hydroxyl groups excluding tert-OH is 1. The van der Waals surface area contributed by atoms with Crippen molar-refractivity contribution in [3.8, 4) is 5.75 Å². The Morgan fingerprint density at radius 2 is 1.43 bits per heavy atom. The maximum absolute atomic E-state index is 12.8. The maximum atomic E-state index is 12.8. The number of hydrogen-bond donors (Lipinski definition) is 3. The molecule has 0 atom stereocenters. The summed E-state index contributed by atoms with van der Waals surface area (Å²) in [6.45, 7) is 1.97. The molecule has 4 rings (SSSR count). The molecule has 6 nitrogen and oxygen atoms in total. The van der Waals surface area contributed by atoms with E-state index in [4.69, 9.17) is 9.84 Å². The van der Waals surface area contributed by atoms with Crippen molar-refractivity contribution in [1.82, 2.24) is 4.90 Å². The zero-order valence-electron chi connectivity index (χ0n) is 19.8. The number of aliphatic hydroxyl groups is 2. The molecule has 1 aliphatic rings. The van der Waals surface area contributed by atoms with E-state index in [1.165, 1.54) is 0 Å². The van der Waals surface area contributed by atoms with Crippen molar-refractivity contribution >= 4 is 5.97 Å². The summed E-state index contributed by atoms with van der Waals surface area (Å²) in [5, 5.41) is 31.1. The average Bonchev–Trinajstić information content (AvgIpc) is 2.90. The van der Waals surface area contributed by atoms with Crippen LogP contribution in [-0.2, 0) is 15.8 Å². The number of hydrogen-bond acceptors (Lipinski definition) is 5. The molecule has 1 fully saturated rings. The van der Waals surface area contributed by atoms with Crippen molar-refractivity contribution in [2.24, 2.45) is 0 Å². The minimum Gasteiger partial charge on any atom is -0.491 e. The van der Waals surface area contributed by atoms with Crippen LogP contribution in [0.1, 0.15) is 36.0 Å². The molecule has 0 aliphatic carbocycles. The van der Waals surface area contributed by atoms with Crippen molar-refractivity contribution < 1.29 is 24.9 Å². The number of benzene rings is 3. The van der Waals surface area contributed by atoms with Gasteiger partial charge in [-0.3, -0.25) is 4.79 Å². The summed E-state index contributed by atoms with van der Waals surface area (Å²) < 4.78 is 5.66. The first-order valence-corrected chi connectivity index (χ1v) is 12.1. The van der Waals surface area contributed by atoms with Crippen LogP contribution in [0.25, 0.3) is 0 Å². The van der Waals surface area contributed by atoms with E-state index in [2.05, 4.69) is 4.90 Å². The number of rotatable bonds is 10. The normalized spacial score (nSPS) is 16.1. The molecule has 0 radical (unpaired) electrons. The third kappa shape index (κ3) is 5.25. The molecule has 0 spiro atoms. The number of para-hydroxylation sites is 1. The fourth-order valence-corrected chi connectivity index (χ4v) is 5.13.